The lowest BCUT2D eigenvalue weighted by atomic mass is 10.2. The Bertz CT molecular complexity index is 642. The number of hydrogen-bond acceptors (Lipinski definition) is 3. The molecule has 5 nitrogen and oxygen atoms in total. The van der Waals surface area contributed by atoms with Gasteiger partial charge in [0, 0.05) is 43.3 Å². The van der Waals surface area contributed by atoms with Gasteiger partial charge in [-0.05, 0) is 31.3 Å². The molecule has 1 aliphatic rings. The maximum atomic E-state index is 12.4. The summed E-state index contributed by atoms with van der Waals surface area (Å²) < 4.78 is 7.24. The van der Waals surface area contributed by atoms with E-state index in [2.05, 4.69) is 11.9 Å². The second-order valence-electron chi connectivity index (χ2n) is 5.55. The quantitative estimate of drug-likeness (QED) is 0.857. The predicted octanol–water partition coefficient (Wildman–Crippen LogP) is 1.42. The molecule has 0 saturated carbocycles. The third-order valence-corrected chi connectivity index (χ3v) is 4.14. The number of ether oxygens (including phenoxy) is 1. The highest BCUT2D eigenvalue weighted by molar-refractivity contribution is 5.84. The van der Waals surface area contributed by atoms with Crippen LogP contribution in [-0.2, 0) is 11.3 Å². The molecule has 0 radical (unpaired) electrons. The average molecular weight is 287 g/mol. The van der Waals surface area contributed by atoms with Gasteiger partial charge in [-0.1, -0.05) is 0 Å². The Labute approximate surface area is 124 Å². The van der Waals surface area contributed by atoms with Crippen LogP contribution in [0.5, 0.6) is 5.75 Å². The van der Waals surface area contributed by atoms with Crippen molar-refractivity contribution in [2.75, 3.05) is 40.3 Å². The minimum atomic E-state index is 0.191. The molecule has 21 heavy (non-hydrogen) atoms. The molecule has 1 saturated heterocycles. The Kier molecular flexibility index (Phi) is 3.84. The Morgan fingerprint density at radius 2 is 1.95 bits per heavy atom. The maximum absolute atomic E-state index is 12.4. The van der Waals surface area contributed by atoms with Gasteiger partial charge >= 0.3 is 0 Å². The number of carbonyl (C=O) groups excluding carboxylic acids is 1. The molecule has 1 aliphatic heterocycles. The topological polar surface area (TPSA) is 37.7 Å². The highest BCUT2D eigenvalue weighted by Crippen LogP contribution is 2.22. The number of carbonyl (C=O) groups is 1. The monoisotopic (exact) mass is 287 g/mol. The summed E-state index contributed by atoms with van der Waals surface area (Å²) in [5.74, 6) is 1.03. The van der Waals surface area contributed by atoms with Gasteiger partial charge in [0.2, 0.25) is 5.91 Å². The van der Waals surface area contributed by atoms with E-state index >= 15 is 0 Å². The first-order chi connectivity index (χ1) is 10.2. The van der Waals surface area contributed by atoms with Crippen molar-refractivity contribution in [1.82, 2.24) is 14.4 Å². The lowest BCUT2D eigenvalue weighted by Gasteiger charge is -2.32. The molecule has 3 rings (SSSR count). The van der Waals surface area contributed by atoms with Crippen molar-refractivity contribution in [3.05, 3.63) is 30.5 Å². The van der Waals surface area contributed by atoms with E-state index in [-0.39, 0.29) is 5.91 Å². The van der Waals surface area contributed by atoms with E-state index in [0.717, 1.165) is 42.8 Å². The van der Waals surface area contributed by atoms with E-state index in [1.54, 1.807) is 7.11 Å². The van der Waals surface area contributed by atoms with Gasteiger partial charge in [0.15, 0.2) is 0 Å². The van der Waals surface area contributed by atoms with Gasteiger partial charge in [0.25, 0.3) is 0 Å². The molecule has 0 atom stereocenters. The number of hydrogen-bond donors (Lipinski definition) is 0. The normalized spacial score (nSPS) is 16.4. The fraction of sp³-hybridized carbons (Fsp3) is 0.438. The van der Waals surface area contributed by atoms with E-state index in [9.17, 15) is 4.79 Å². The molecule has 1 aromatic heterocycles. The van der Waals surface area contributed by atoms with Crippen LogP contribution in [-0.4, -0.2) is 60.6 Å². The van der Waals surface area contributed by atoms with Crippen molar-refractivity contribution in [2.24, 2.45) is 0 Å². The van der Waals surface area contributed by atoms with Crippen LogP contribution >= 0.6 is 0 Å². The molecular weight excluding hydrogens is 266 g/mol. The first-order valence-electron chi connectivity index (χ1n) is 7.26. The van der Waals surface area contributed by atoms with Crippen LogP contribution in [0.25, 0.3) is 10.9 Å². The predicted molar refractivity (Wildman–Crippen MR) is 82.6 cm³/mol. The summed E-state index contributed by atoms with van der Waals surface area (Å²) in [6.07, 6.45) is 1.97. The van der Waals surface area contributed by atoms with Crippen molar-refractivity contribution < 1.29 is 9.53 Å². The van der Waals surface area contributed by atoms with E-state index in [4.69, 9.17) is 4.74 Å². The third-order valence-electron chi connectivity index (χ3n) is 4.14. The van der Waals surface area contributed by atoms with Crippen LogP contribution in [0.4, 0.5) is 0 Å². The lowest BCUT2D eigenvalue weighted by Crippen LogP contribution is -2.48. The summed E-state index contributed by atoms with van der Waals surface area (Å²) in [4.78, 5) is 16.6. The van der Waals surface area contributed by atoms with Gasteiger partial charge < -0.3 is 19.1 Å². The fourth-order valence-corrected chi connectivity index (χ4v) is 2.74. The van der Waals surface area contributed by atoms with E-state index < -0.39 is 0 Å². The molecule has 1 amide bonds. The molecule has 2 heterocycles. The van der Waals surface area contributed by atoms with Crippen molar-refractivity contribution >= 4 is 16.8 Å². The number of amides is 1. The summed E-state index contributed by atoms with van der Waals surface area (Å²) in [5.41, 5.74) is 1.07. The zero-order valence-electron chi connectivity index (χ0n) is 12.6. The molecule has 1 aromatic carbocycles. The Balaban J connectivity index is 1.74. The minimum absolute atomic E-state index is 0.191. The maximum Gasteiger partial charge on any atom is 0.242 e. The first kappa shape index (κ1) is 13.9. The molecule has 0 spiro atoms. The van der Waals surface area contributed by atoms with Crippen LogP contribution in [0.3, 0.4) is 0 Å². The number of nitrogens with zero attached hydrogens (tertiary/aromatic N) is 3. The zero-order chi connectivity index (χ0) is 14.8. The molecule has 0 aliphatic carbocycles. The molecule has 0 unspecified atom stereocenters. The lowest BCUT2D eigenvalue weighted by molar-refractivity contribution is -0.133. The fourth-order valence-electron chi connectivity index (χ4n) is 2.74. The standard InChI is InChI=1S/C16H21N3O2/c1-17-7-9-18(10-8-17)16(20)12-19-6-5-13-11-14(21-2)3-4-15(13)19/h3-6,11H,7-10,12H2,1-2H3. The van der Waals surface area contributed by atoms with Gasteiger partial charge in [0.05, 0.1) is 7.11 Å². The summed E-state index contributed by atoms with van der Waals surface area (Å²) in [7, 11) is 3.75. The third kappa shape index (κ3) is 2.88. The number of benzene rings is 1. The average Bonchev–Trinajstić information content (AvgIpc) is 2.90. The molecule has 0 bridgehead atoms. The second kappa shape index (κ2) is 5.77. The molecule has 112 valence electrons. The number of piperazine rings is 1. The van der Waals surface area contributed by atoms with Gasteiger partial charge in [-0.15, -0.1) is 0 Å². The molecule has 1 fully saturated rings. The molecular formula is C16H21N3O2. The largest absolute Gasteiger partial charge is 0.497 e. The van der Waals surface area contributed by atoms with Crippen molar-refractivity contribution in [3.8, 4) is 5.75 Å². The molecule has 5 heteroatoms. The van der Waals surface area contributed by atoms with E-state index in [0.29, 0.717) is 6.54 Å². The summed E-state index contributed by atoms with van der Waals surface area (Å²) >= 11 is 0. The Hall–Kier alpha value is -2.01. The molecule has 2 aromatic rings. The van der Waals surface area contributed by atoms with Crippen LogP contribution in [0.15, 0.2) is 30.5 Å². The van der Waals surface area contributed by atoms with Crippen LogP contribution in [0.2, 0.25) is 0 Å². The molecule has 0 N–H and O–H groups in total. The van der Waals surface area contributed by atoms with Crippen LogP contribution in [0, 0.1) is 0 Å². The van der Waals surface area contributed by atoms with Gasteiger partial charge in [-0.3, -0.25) is 4.79 Å². The summed E-state index contributed by atoms with van der Waals surface area (Å²) in [6.45, 7) is 3.95. The van der Waals surface area contributed by atoms with Gasteiger partial charge in [-0.25, -0.2) is 0 Å². The summed E-state index contributed by atoms with van der Waals surface area (Å²) in [6, 6.07) is 7.95. The minimum Gasteiger partial charge on any atom is -0.497 e. The second-order valence-corrected chi connectivity index (χ2v) is 5.55. The van der Waals surface area contributed by atoms with E-state index in [1.165, 1.54) is 0 Å². The van der Waals surface area contributed by atoms with Gasteiger partial charge in [-0.2, -0.15) is 0 Å². The highest BCUT2D eigenvalue weighted by Gasteiger charge is 2.19. The number of methoxy groups -OCH3 is 1. The number of aromatic nitrogens is 1. The van der Waals surface area contributed by atoms with E-state index in [1.807, 2.05) is 39.9 Å². The van der Waals surface area contributed by atoms with Crippen LogP contribution < -0.4 is 4.74 Å². The van der Waals surface area contributed by atoms with Crippen molar-refractivity contribution in [1.29, 1.82) is 0 Å². The van der Waals surface area contributed by atoms with Gasteiger partial charge in [0.1, 0.15) is 12.3 Å². The van der Waals surface area contributed by atoms with Crippen LogP contribution in [0.1, 0.15) is 0 Å². The summed E-state index contributed by atoms with van der Waals surface area (Å²) in [5, 5.41) is 1.10. The highest BCUT2D eigenvalue weighted by atomic mass is 16.5. The smallest absolute Gasteiger partial charge is 0.242 e. The Morgan fingerprint density at radius 3 is 2.67 bits per heavy atom. The zero-order valence-corrected chi connectivity index (χ0v) is 12.6. The van der Waals surface area contributed by atoms with Crippen molar-refractivity contribution in [2.45, 2.75) is 6.54 Å². The first-order valence-corrected chi connectivity index (χ1v) is 7.26. The number of fused-ring (bicyclic) bond motifs is 1. The number of likely N-dealkylation sites (N-methyl/N-ethyl adjacent to an activating group) is 1. The SMILES string of the molecule is COc1ccc2c(ccn2CC(=O)N2CCN(C)CC2)c1. The number of rotatable bonds is 3. The Morgan fingerprint density at radius 1 is 1.19 bits per heavy atom. The van der Waals surface area contributed by atoms with Crippen molar-refractivity contribution in [3.63, 3.8) is 0 Å².